The molecule has 0 saturated heterocycles. The lowest BCUT2D eigenvalue weighted by molar-refractivity contribution is 0.0853. The lowest BCUT2D eigenvalue weighted by atomic mass is 10.1. The number of likely N-dealkylation sites (N-methyl/N-ethyl adjacent to an activating group) is 1. The van der Waals surface area contributed by atoms with Crippen molar-refractivity contribution in [2.24, 2.45) is 7.05 Å². The summed E-state index contributed by atoms with van der Waals surface area (Å²) in [4.78, 5) is 0. The van der Waals surface area contributed by atoms with Crippen LogP contribution < -0.4 is 5.32 Å². The summed E-state index contributed by atoms with van der Waals surface area (Å²) in [6, 6.07) is 2.35. The molecule has 0 aliphatic rings. The molecule has 0 fully saturated rings. The maximum Gasteiger partial charge on any atom is 0.0699 e. The number of aromatic nitrogens is 2. The van der Waals surface area contributed by atoms with Gasteiger partial charge in [-0.3, -0.25) is 4.68 Å². The zero-order chi connectivity index (χ0) is 10.6. The van der Waals surface area contributed by atoms with Gasteiger partial charge in [0.1, 0.15) is 0 Å². The first-order valence-electron chi connectivity index (χ1n) is 4.86. The van der Waals surface area contributed by atoms with Crippen molar-refractivity contribution in [2.75, 3.05) is 14.2 Å². The number of aryl methyl sites for hydroxylation is 1. The van der Waals surface area contributed by atoms with E-state index in [-0.39, 0.29) is 6.10 Å². The van der Waals surface area contributed by atoms with E-state index in [1.165, 1.54) is 0 Å². The molecule has 2 unspecified atom stereocenters. The molecule has 0 radical (unpaired) electrons. The van der Waals surface area contributed by atoms with Gasteiger partial charge >= 0.3 is 0 Å². The quantitative estimate of drug-likeness (QED) is 0.750. The number of ether oxygens (including phenoxy) is 1. The zero-order valence-electron chi connectivity index (χ0n) is 9.32. The predicted octanol–water partition coefficient (Wildman–Crippen LogP) is 0.585. The second-order valence-corrected chi connectivity index (χ2v) is 3.52. The molecule has 0 bridgehead atoms. The van der Waals surface area contributed by atoms with E-state index >= 15 is 0 Å². The van der Waals surface area contributed by atoms with Crippen molar-refractivity contribution in [1.29, 1.82) is 0 Å². The number of nitrogens with zero attached hydrogens (tertiary/aromatic N) is 2. The first kappa shape index (κ1) is 11.2. The molecule has 0 spiro atoms. The van der Waals surface area contributed by atoms with Gasteiger partial charge in [-0.1, -0.05) is 0 Å². The van der Waals surface area contributed by atoms with Crippen LogP contribution in [-0.2, 0) is 18.2 Å². The number of hydrogen-bond acceptors (Lipinski definition) is 3. The molecule has 1 N–H and O–H groups in total. The van der Waals surface area contributed by atoms with Gasteiger partial charge in [0.2, 0.25) is 0 Å². The van der Waals surface area contributed by atoms with Crippen LogP contribution in [0.4, 0.5) is 0 Å². The summed E-state index contributed by atoms with van der Waals surface area (Å²) in [5, 5.41) is 7.57. The van der Waals surface area contributed by atoms with Gasteiger partial charge in [-0.05, 0) is 20.0 Å². The molecule has 0 saturated carbocycles. The molecule has 0 amide bonds. The molecule has 0 aromatic carbocycles. The lowest BCUT2D eigenvalue weighted by Crippen LogP contribution is -2.38. The van der Waals surface area contributed by atoms with Crippen molar-refractivity contribution < 1.29 is 4.74 Å². The van der Waals surface area contributed by atoms with Gasteiger partial charge in [-0.15, -0.1) is 0 Å². The Balaban J connectivity index is 2.56. The van der Waals surface area contributed by atoms with E-state index in [9.17, 15) is 0 Å². The molecular weight excluding hydrogens is 178 g/mol. The van der Waals surface area contributed by atoms with Gasteiger partial charge in [0.25, 0.3) is 0 Å². The minimum Gasteiger partial charge on any atom is -0.380 e. The maximum absolute atomic E-state index is 5.29. The minimum absolute atomic E-state index is 0.196. The van der Waals surface area contributed by atoms with E-state index in [0.29, 0.717) is 6.04 Å². The SMILES string of the molecule is CNC(Cc1ccn(C)n1)C(C)OC. The number of methoxy groups -OCH3 is 1. The average Bonchev–Trinajstić information content (AvgIpc) is 2.59. The van der Waals surface area contributed by atoms with Crippen LogP contribution in [0.2, 0.25) is 0 Å². The molecule has 1 rings (SSSR count). The largest absolute Gasteiger partial charge is 0.380 e. The van der Waals surface area contributed by atoms with E-state index < -0.39 is 0 Å². The summed E-state index contributed by atoms with van der Waals surface area (Å²) >= 11 is 0. The first-order valence-corrected chi connectivity index (χ1v) is 4.86. The zero-order valence-corrected chi connectivity index (χ0v) is 9.32. The molecule has 4 nitrogen and oxygen atoms in total. The molecule has 80 valence electrons. The Morgan fingerprint density at radius 2 is 2.36 bits per heavy atom. The number of nitrogens with one attached hydrogen (secondary N) is 1. The van der Waals surface area contributed by atoms with Gasteiger partial charge < -0.3 is 10.1 Å². The van der Waals surface area contributed by atoms with E-state index in [0.717, 1.165) is 12.1 Å². The van der Waals surface area contributed by atoms with Gasteiger partial charge in [0.15, 0.2) is 0 Å². The lowest BCUT2D eigenvalue weighted by Gasteiger charge is -2.21. The summed E-state index contributed by atoms with van der Waals surface area (Å²) in [6.45, 7) is 2.06. The Bertz CT molecular complexity index is 272. The van der Waals surface area contributed by atoms with E-state index in [4.69, 9.17) is 4.74 Å². The Hall–Kier alpha value is -0.870. The van der Waals surface area contributed by atoms with Crippen LogP contribution in [0.3, 0.4) is 0 Å². The third kappa shape index (κ3) is 2.82. The third-order valence-electron chi connectivity index (χ3n) is 2.51. The highest BCUT2D eigenvalue weighted by molar-refractivity contribution is 5.02. The van der Waals surface area contributed by atoms with Crippen LogP contribution in [0.1, 0.15) is 12.6 Å². The Kier molecular flexibility index (Phi) is 4.10. The van der Waals surface area contributed by atoms with E-state index in [1.54, 1.807) is 7.11 Å². The summed E-state index contributed by atoms with van der Waals surface area (Å²) in [5.41, 5.74) is 1.09. The van der Waals surface area contributed by atoms with Gasteiger partial charge in [-0.2, -0.15) is 5.10 Å². The topological polar surface area (TPSA) is 39.1 Å². The highest BCUT2D eigenvalue weighted by Gasteiger charge is 2.16. The molecule has 0 aliphatic carbocycles. The normalized spacial score (nSPS) is 15.4. The van der Waals surface area contributed by atoms with Gasteiger partial charge in [0, 0.05) is 32.8 Å². The van der Waals surface area contributed by atoms with Crippen molar-refractivity contribution in [1.82, 2.24) is 15.1 Å². The fourth-order valence-electron chi connectivity index (χ4n) is 1.46. The molecule has 4 heteroatoms. The summed E-state index contributed by atoms with van der Waals surface area (Å²) in [7, 11) is 5.61. The molecule has 1 aromatic rings. The minimum atomic E-state index is 0.196. The third-order valence-corrected chi connectivity index (χ3v) is 2.51. The van der Waals surface area contributed by atoms with Crippen LogP contribution in [0.5, 0.6) is 0 Å². The number of hydrogen-bond donors (Lipinski definition) is 1. The standard InChI is InChI=1S/C10H19N3O/c1-8(14-4)10(11-2)7-9-5-6-13(3)12-9/h5-6,8,10-11H,7H2,1-4H3. The van der Waals surface area contributed by atoms with E-state index in [2.05, 4.69) is 17.3 Å². The summed E-state index contributed by atoms with van der Waals surface area (Å²) in [5.74, 6) is 0. The van der Waals surface area contributed by atoms with Gasteiger partial charge in [-0.25, -0.2) is 0 Å². The first-order chi connectivity index (χ1) is 6.67. The predicted molar refractivity (Wildman–Crippen MR) is 56.2 cm³/mol. The van der Waals surface area contributed by atoms with Crippen molar-refractivity contribution in [3.8, 4) is 0 Å². The van der Waals surface area contributed by atoms with Crippen molar-refractivity contribution in [2.45, 2.75) is 25.5 Å². The van der Waals surface area contributed by atoms with Crippen LogP contribution >= 0.6 is 0 Å². The second-order valence-electron chi connectivity index (χ2n) is 3.52. The molecule has 2 atom stereocenters. The Morgan fingerprint density at radius 3 is 2.79 bits per heavy atom. The van der Waals surface area contributed by atoms with Crippen molar-refractivity contribution in [3.63, 3.8) is 0 Å². The molecule has 14 heavy (non-hydrogen) atoms. The average molecular weight is 197 g/mol. The fraction of sp³-hybridized carbons (Fsp3) is 0.700. The van der Waals surface area contributed by atoms with Crippen LogP contribution in [0.25, 0.3) is 0 Å². The van der Waals surface area contributed by atoms with Crippen LogP contribution in [0, 0.1) is 0 Å². The van der Waals surface area contributed by atoms with Gasteiger partial charge in [0.05, 0.1) is 11.8 Å². The maximum atomic E-state index is 5.29. The molecule has 0 aliphatic heterocycles. The molecule has 1 heterocycles. The van der Waals surface area contributed by atoms with E-state index in [1.807, 2.05) is 31.0 Å². The highest BCUT2D eigenvalue weighted by atomic mass is 16.5. The summed E-state index contributed by atoms with van der Waals surface area (Å²) < 4.78 is 7.10. The number of rotatable bonds is 5. The van der Waals surface area contributed by atoms with Crippen LogP contribution in [-0.4, -0.2) is 36.1 Å². The Labute approximate surface area is 85.3 Å². The molecular formula is C10H19N3O. The van der Waals surface area contributed by atoms with Crippen molar-refractivity contribution in [3.05, 3.63) is 18.0 Å². The fourth-order valence-corrected chi connectivity index (χ4v) is 1.46. The molecule has 1 aromatic heterocycles. The smallest absolute Gasteiger partial charge is 0.0699 e. The van der Waals surface area contributed by atoms with Crippen LogP contribution in [0.15, 0.2) is 12.3 Å². The second kappa shape index (κ2) is 5.12. The van der Waals surface area contributed by atoms with Crippen molar-refractivity contribution >= 4 is 0 Å². The monoisotopic (exact) mass is 197 g/mol. The Morgan fingerprint density at radius 1 is 1.64 bits per heavy atom. The highest BCUT2D eigenvalue weighted by Crippen LogP contribution is 2.05. The summed E-state index contributed by atoms with van der Waals surface area (Å²) in [6.07, 6.45) is 3.05.